The zero-order valence-corrected chi connectivity index (χ0v) is 18.7. The molecule has 7 rings (SSSR count). The third-order valence-corrected chi connectivity index (χ3v) is 7.07. The van der Waals surface area contributed by atoms with Crippen molar-refractivity contribution in [3.8, 4) is 11.1 Å². The summed E-state index contributed by atoms with van der Waals surface area (Å²) in [5, 5.41) is 12.8. The van der Waals surface area contributed by atoms with Crippen molar-refractivity contribution in [1.29, 1.82) is 0 Å². The van der Waals surface area contributed by atoms with Crippen LogP contribution < -0.4 is 0 Å². The SMILES string of the molecule is c1ccc2c(c1)=c1ccccc1=c1cccc(-c3cccc4ccccc34)c1=c1ccccc1=2. The highest BCUT2D eigenvalue weighted by molar-refractivity contribution is 5.96. The van der Waals surface area contributed by atoms with Crippen LogP contribution in [0.5, 0.6) is 0 Å². The molecule has 0 heteroatoms. The monoisotopic (exact) mass is 430 g/mol. The van der Waals surface area contributed by atoms with Crippen molar-refractivity contribution in [3.63, 3.8) is 0 Å². The minimum atomic E-state index is 1.27. The Hall–Kier alpha value is -4.42. The second kappa shape index (κ2) is 7.57. The maximum Gasteiger partial charge on any atom is -0.00201 e. The topological polar surface area (TPSA) is 0 Å². The lowest BCUT2D eigenvalue weighted by Gasteiger charge is -2.10. The lowest BCUT2D eigenvalue weighted by molar-refractivity contribution is 1.29. The Bertz CT molecular complexity index is 2110. The summed E-state index contributed by atoms with van der Waals surface area (Å²) in [6, 6.07) is 48.6. The third kappa shape index (κ3) is 2.79. The molecule has 1 aliphatic carbocycles. The first-order valence-electron chi connectivity index (χ1n) is 11.8. The molecule has 0 aromatic heterocycles. The summed E-state index contributed by atoms with van der Waals surface area (Å²) in [5.41, 5.74) is 2.55. The first kappa shape index (κ1) is 19.1. The van der Waals surface area contributed by atoms with Crippen LogP contribution in [0.15, 0.2) is 133 Å². The standard InChI is InChI=1S/C34H22/c1-2-13-24-23(11-1)12-9-20-25(24)32-21-10-22-33-30-17-6-5-16-28(30)26-14-3-4-15-27(26)29-18-7-8-19-31(29)34(32)33/h1-22H. The van der Waals surface area contributed by atoms with Crippen molar-refractivity contribution in [1.82, 2.24) is 0 Å². The van der Waals surface area contributed by atoms with Crippen molar-refractivity contribution in [2.45, 2.75) is 0 Å². The van der Waals surface area contributed by atoms with Crippen LogP contribution in [-0.4, -0.2) is 0 Å². The molecule has 0 atom stereocenters. The molecular weight excluding hydrogens is 408 g/mol. The fraction of sp³-hybridized carbons (Fsp3) is 0. The Morgan fingerprint density at radius 3 is 1.35 bits per heavy atom. The summed E-state index contributed by atoms with van der Waals surface area (Å²) in [6.07, 6.45) is 0. The Morgan fingerprint density at radius 1 is 0.265 bits per heavy atom. The van der Waals surface area contributed by atoms with Gasteiger partial charge >= 0.3 is 0 Å². The van der Waals surface area contributed by atoms with E-state index in [0.717, 1.165) is 0 Å². The molecule has 0 radical (unpaired) electrons. The van der Waals surface area contributed by atoms with Crippen molar-refractivity contribution >= 4 is 10.8 Å². The van der Waals surface area contributed by atoms with E-state index in [2.05, 4.69) is 133 Å². The van der Waals surface area contributed by atoms with Crippen LogP contribution in [0.2, 0.25) is 0 Å². The molecule has 0 aliphatic heterocycles. The zero-order chi connectivity index (χ0) is 22.5. The Balaban J connectivity index is 1.92. The first-order chi connectivity index (χ1) is 16.9. The summed E-state index contributed by atoms with van der Waals surface area (Å²) >= 11 is 0. The molecule has 0 saturated heterocycles. The molecule has 1 aliphatic rings. The highest BCUT2D eigenvalue weighted by Crippen LogP contribution is 2.30. The van der Waals surface area contributed by atoms with Gasteiger partial charge in [-0.2, -0.15) is 0 Å². The van der Waals surface area contributed by atoms with E-state index < -0.39 is 0 Å². The van der Waals surface area contributed by atoms with Crippen LogP contribution in [-0.2, 0) is 0 Å². The van der Waals surface area contributed by atoms with E-state index in [1.807, 2.05) is 0 Å². The second-order valence-electron chi connectivity index (χ2n) is 8.89. The van der Waals surface area contributed by atoms with Gasteiger partial charge in [0.05, 0.1) is 0 Å². The van der Waals surface area contributed by atoms with Crippen LogP contribution in [0.3, 0.4) is 0 Å². The van der Waals surface area contributed by atoms with Gasteiger partial charge in [0.25, 0.3) is 0 Å². The largest absolute Gasteiger partial charge is 0.0616 e. The molecule has 0 fully saturated rings. The fourth-order valence-electron chi connectivity index (χ4n) is 5.59. The average molecular weight is 431 g/mol. The molecule has 0 saturated carbocycles. The normalized spacial score (nSPS) is 11.5. The molecule has 0 nitrogen and oxygen atoms in total. The lowest BCUT2D eigenvalue weighted by atomic mass is 9.93. The molecule has 0 heterocycles. The maximum atomic E-state index is 2.29. The average Bonchev–Trinajstić information content (AvgIpc) is 2.91. The lowest BCUT2D eigenvalue weighted by Crippen LogP contribution is -1.92. The number of hydrogen-bond acceptors (Lipinski definition) is 0. The van der Waals surface area contributed by atoms with E-state index in [-0.39, 0.29) is 0 Å². The van der Waals surface area contributed by atoms with E-state index in [1.165, 1.54) is 63.6 Å². The van der Waals surface area contributed by atoms with Gasteiger partial charge in [-0.1, -0.05) is 133 Å². The molecule has 0 N–H and O–H groups in total. The summed E-state index contributed by atoms with van der Waals surface area (Å²) < 4.78 is 0. The van der Waals surface area contributed by atoms with Crippen LogP contribution in [0, 0.1) is 41.7 Å². The fourth-order valence-corrected chi connectivity index (χ4v) is 5.59. The smallest absolute Gasteiger partial charge is 0.00201 e. The van der Waals surface area contributed by atoms with Gasteiger partial charge in [0.15, 0.2) is 0 Å². The number of benzene rings is 6. The number of fused-ring (bicyclic) bond motifs is 5. The van der Waals surface area contributed by atoms with Crippen molar-refractivity contribution < 1.29 is 0 Å². The van der Waals surface area contributed by atoms with Gasteiger partial charge in [0.1, 0.15) is 0 Å². The highest BCUT2D eigenvalue weighted by atomic mass is 14.1. The summed E-state index contributed by atoms with van der Waals surface area (Å²) in [5.74, 6) is 0. The Kier molecular flexibility index (Phi) is 4.25. The molecule has 0 bridgehead atoms. The molecule has 158 valence electrons. The van der Waals surface area contributed by atoms with E-state index >= 15 is 0 Å². The number of hydrogen-bond donors (Lipinski definition) is 0. The minimum Gasteiger partial charge on any atom is -0.0616 e. The van der Waals surface area contributed by atoms with Gasteiger partial charge in [-0.25, -0.2) is 0 Å². The molecule has 6 aromatic rings. The van der Waals surface area contributed by atoms with Crippen LogP contribution in [0.4, 0.5) is 0 Å². The highest BCUT2D eigenvalue weighted by Gasteiger charge is 2.08. The third-order valence-electron chi connectivity index (χ3n) is 7.07. The molecular formula is C34H22. The summed E-state index contributed by atoms with van der Waals surface area (Å²) in [4.78, 5) is 0. The van der Waals surface area contributed by atoms with Gasteiger partial charge in [-0.15, -0.1) is 0 Å². The van der Waals surface area contributed by atoms with E-state index in [4.69, 9.17) is 0 Å². The quantitative estimate of drug-likeness (QED) is 0.248. The van der Waals surface area contributed by atoms with Crippen molar-refractivity contribution in [2.24, 2.45) is 0 Å². The zero-order valence-electron chi connectivity index (χ0n) is 18.7. The first-order valence-corrected chi connectivity index (χ1v) is 11.8. The molecule has 34 heavy (non-hydrogen) atoms. The molecule has 6 aromatic carbocycles. The van der Waals surface area contributed by atoms with Gasteiger partial charge in [0.2, 0.25) is 0 Å². The summed E-state index contributed by atoms with van der Waals surface area (Å²) in [6.45, 7) is 0. The van der Waals surface area contributed by atoms with Crippen LogP contribution >= 0.6 is 0 Å². The predicted octanol–water partition coefficient (Wildman–Crippen LogP) is 7.97. The van der Waals surface area contributed by atoms with Crippen molar-refractivity contribution in [3.05, 3.63) is 175 Å². The van der Waals surface area contributed by atoms with Gasteiger partial charge in [0, 0.05) is 0 Å². The van der Waals surface area contributed by atoms with E-state index in [0.29, 0.717) is 0 Å². The molecule has 0 unspecified atom stereocenters. The number of rotatable bonds is 1. The Morgan fingerprint density at radius 2 is 0.676 bits per heavy atom. The van der Waals surface area contributed by atoms with Gasteiger partial charge < -0.3 is 0 Å². The van der Waals surface area contributed by atoms with Gasteiger partial charge in [-0.3, -0.25) is 0 Å². The molecule has 0 spiro atoms. The van der Waals surface area contributed by atoms with Crippen LogP contribution in [0.25, 0.3) is 21.9 Å². The van der Waals surface area contributed by atoms with E-state index in [9.17, 15) is 0 Å². The van der Waals surface area contributed by atoms with Crippen molar-refractivity contribution in [2.75, 3.05) is 0 Å². The minimum absolute atomic E-state index is 1.27. The van der Waals surface area contributed by atoms with E-state index in [1.54, 1.807) is 0 Å². The van der Waals surface area contributed by atoms with Crippen LogP contribution in [0.1, 0.15) is 0 Å². The molecule has 0 amide bonds. The Labute approximate surface area is 197 Å². The summed E-state index contributed by atoms with van der Waals surface area (Å²) in [7, 11) is 0. The maximum absolute atomic E-state index is 2.29. The van der Waals surface area contributed by atoms with Gasteiger partial charge in [-0.05, 0) is 63.6 Å². The second-order valence-corrected chi connectivity index (χ2v) is 8.89. The predicted molar refractivity (Wildman–Crippen MR) is 139 cm³/mol.